The number of hydrogen-bond donors (Lipinski definition) is 1. The number of ether oxygens (including phenoxy) is 1. The first-order chi connectivity index (χ1) is 7.92. The minimum Gasteiger partial charge on any atom is -0.494 e. The second-order valence-electron chi connectivity index (χ2n) is 3.74. The second-order valence-corrected chi connectivity index (χ2v) is 6.86. The Morgan fingerprint density at radius 3 is 2.71 bits per heavy atom. The van der Waals surface area contributed by atoms with E-state index in [0.717, 1.165) is 10.0 Å². The second kappa shape index (κ2) is 6.37. The molecule has 1 rings (SSSR count). The molecule has 0 radical (unpaired) electrons. The Morgan fingerprint density at radius 2 is 2.12 bits per heavy atom. The number of aliphatic hydroxyl groups excluding tert-OH is 1. The number of hydrogen-bond acceptors (Lipinski definition) is 4. The summed E-state index contributed by atoms with van der Waals surface area (Å²) in [5.41, 5.74) is 0.741. The van der Waals surface area contributed by atoms with E-state index < -0.39 is 9.84 Å². The van der Waals surface area contributed by atoms with Gasteiger partial charge in [-0.3, -0.25) is 0 Å². The van der Waals surface area contributed by atoms with E-state index in [0.29, 0.717) is 18.8 Å². The fraction of sp³-hybridized carbons (Fsp3) is 0.455. The maximum Gasteiger partial charge on any atom is 0.147 e. The van der Waals surface area contributed by atoms with Gasteiger partial charge in [0.25, 0.3) is 0 Å². The molecule has 0 heterocycles. The van der Waals surface area contributed by atoms with E-state index in [1.807, 2.05) is 0 Å². The summed E-state index contributed by atoms with van der Waals surface area (Å²) in [6.07, 6.45) is 1.67. The third-order valence-corrected chi connectivity index (χ3v) is 3.92. The lowest BCUT2D eigenvalue weighted by Crippen LogP contribution is -2.08. The van der Waals surface area contributed by atoms with Crippen molar-refractivity contribution in [2.75, 3.05) is 18.6 Å². The van der Waals surface area contributed by atoms with E-state index >= 15 is 0 Å². The number of halogens is 1. The topological polar surface area (TPSA) is 63.6 Å². The van der Waals surface area contributed by atoms with Crippen molar-refractivity contribution in [3.8, 4) is 5.75 Å². The van der Waals surface area contributed by atoms with Gasteiger partial charge in [-0.1, -0.05) is 15.9 Å². The number of rotatable bonds is 6. The minimum atomic E-state index is -2.93. The average Bonchev–Trinajstić information content (AvgIpc) is 2.25. The predicted molar refractivity (Wildman–Crippen MR) is 69.9 cm³/mol. The van der Waals surface area contributed by atoms with Crippen LogP contribution in [0.15, 0.2) is 22.7 Å². The molecule has 0 fully saturated rings. The first kappa shape index (κ1) is 14.5. The Bertz CT molecular complexity index is 470. The highest BCUT2D eigenvalue weighted by molar-refractivity contribution is 9.10. The van der Waals surface area contributed by atoms with Crippen LogP contribution in [0.5, 0.6) is 5.75 Å². The van der Waals surface area contributed by atoms with Crippen LogP contribution < -0.4 is 4.74 Å². The van der Waals surface area contributed by atoms with E-state index in [9.17, 15) is 8.42 Å². The smallest absolute Gasteiger partial charge is 0.147 e. The molecule has 0 aliphatic carbocycles. The Kier molecular flexibility index (Phi) is 5.42. The van der Waals surface area contributed by atoms with Crippen molar-refractivity contribution in [2.24, 2.45) is 0 Å². The van der Waals surface area contributed by atoms with Gasteiger partial charge in [0.2, 0.25) is 0 Å². The van der Waals surface area contributed by atoms with Gasteiger partial charge in [-0.2, -0.15) is 0 Å². The molecule has 17 heavy (non-hydrogen) atoms. The van der Waals surface area contributed by atoms with Crippen molar-refractivity contribution in [3.63, 3.8) is 0 Å². The molecule has 0 aliphatic heterocycles. The van der Waals surface area contributed by atoms with Crippen LogP contribution in [0.4, 0.5) is 0 Å². The standard InChI is InChI=1S/C11H15BrO4S/c1-17(14,15)6-2-5-16-10-3-4-11(12)9(7-10)8-13/h3-4,7,13H,2,5-6,8H2,1H3. The summed E-state index contributed by atoms with van der Waals surface area (Å²) in [6.45, 7) is 0.278. The molecule has 6 heteroatoms. The molecule has 0 amide bonds. The fourth-order valence-corrected chi connectivity index (χ4v) is 2.29. The Labute approximate surface area is 110 Å². The van der Waals surface area contributed by atoms with Gasteiger partial charge in [0.15, 0.2) is 0 Å². The molecule has 0 unspecified atom stereocenters. The normalized spacial score (nSPS) is 11.5. The molecule has 1 aromatic rings. The molecule has 0 aromatic heterocycles. The number of sulfone groups is 1. The molecule has 4 nitrogen and oxygen atoms in total. The first-order valence-corrected chi connectivity index (χ1v) is 7.97. The highest BCUT2D eigenvalue weighted by Gasteiger charge is 2.04. The lowest BCUT2D eigenvalue weighted by atomic mass is 10.2. The van der Waals surface area contributed by atoms with Crippen LogP contribution in [0, 0.1) is 0 Å². The van der Waals surface area contributed by atoms with Gasteiger partial charge in [0, 0.05) is 10.7 Å². The molecule has 1 N–H and O–H groups in total. The Morgan fingerprint density at radius 1 is 1.41 bits per heavy atom. The molecule has 0 bridgehead atoms. The van der Waals surface area contributed by atoms with Gasteiger partial charge >= 0.3 is 0 Å². The predicted octanol–water partition coefficient (Wildman–Crippen LogP) is 1.75. The molecule has 0 atom stereocenters. The third-order valence-electron chi connectivity index (χ3n) is 2.12. The van der Waals surface area contributed by atoms with Crippen LogP contribution in [0.3, 0.4) is 0 Å². The SMILES string of the molecule is CS(=O)(=O)CCCOc1ccc(Br)c(CO)c1. The maximum absolute atomic E-state index is 10.9. The van der Waals surface area contributed by atoms with Crippen molar-refractivity contribution >= 4 is 25.8 Å². The van der Waals surface area contributed by atoms with Crippen molar-refractivity contribution in [1.82, 2.24) is 0 Å². The molecule has 0 saturated carbocycles. The van der Waals surface area contributed by atoms with Gasteiger partial charge < -0.3 is 9.84 Å². The summed E-state index contributed by atoms with van der Waals surface area (Å²) in [7, 11) is -2.93. The summed E-state index contributed by atoms with van der Waals surface area (Å²) in [5.74, 6) is 0.752. The average molecular weight is 323 g/mol. The minimum absolute atomic E-state index is 0.0683. The zero-order valence-electron chi connectivity index (χ0n) is 9.52. The van der Waals surface area contributed by atoms with Gasteiger partial charge in [-0.15, -0.1) is 0 Å². The van der Waals surface area contributed by atoms with Crippen molar-refractivity contribution in [1.29, 1.82) is 0 Å². The highest BCUT2D eigenvalue weighted by atomic mass is 79.9. The number of benzene rings is 1. The Balaban J connectivity index is 2.47. The van der Waals surface area contributed by atoms with Crippen LogP contribution in [0.25, 0.3) is 0 Å². The van der Waals surface area contributed by atoms with Crippen LogP contribution in [-0.4, -0.2) is 32.1 Å². The van der Waals surface area contributed by atoms with Crippen LogP contribution >= 0.6 is 15.9 Å². The third kappa shape index (κ3) is 5.52. The fourth-order valence-electron chi connectivity index (χ4n) is 1.27. The van der Waals surface area contributed by atoms with E-state index in [-0.39, 0.29) is 12.4 Å². The lowest BCUT2D eigenvalue weighted by Gasteiger charge is -2.08. The highest BCUT2D eigenvalue weighted by Crippen LogP contribution is 2.22. The molecular weight excluding hydrogens is 308 g/mol. The molecule has 1 aromatic carbocycles. The van der Waals surface area contributed by atoms with Crippen LogP contribution in [0.2, 0.25) is 0 Å². The van der Waals surface area contributed by atoms with Crippen molar-refractivity contribution < 1.29 is 18.3 Å². The van der Waals surface area contributed by atoms with Crippen molar-refractivity contribution in [3.05, 3.63) is 28.2 Å². The van der Waals surface area contributed by atoms with Gasteiger partial charge in [0.05, 0.1) is 19.0 Å². The zero-order chi connectivity index (χ0) is 12.9. The van der Waals surface area contributed by atoms with Crippen LogP contribution in [-0.2, 0) is 16.4 Å². The maximum atomic E-state index is 10.9. The zero-order valence-corrected chi connectivity index (χ0v) is 11.9. The summed E-state index contributed by atoms with van der Waals surface area (Å²) >= 11 is 3.30. The lowest BCUT2D eigenvalue weighted by molar-refractivity contribution is 0.278. The molecular formula is C11H15BrO4S. The summed E-state index contributed by atoms with van der Waals surface area (Å²) in [5, 5.41) is 9.06. The van der Waals surface area contributed by atoms with E-state index in [1.165, 1.54) is 6.26 Å². The Hall–Kier alpha value is -0.590. The quantitative estimate of drug-likeness (QED) is 0.810. The van der Waals surface area contributed by atoms with Crippen molar-refractivity contribution in [2.45, 2.75) is 13.0 Å². The van der Waals surface area contributed by atoms with E-state index in [1.54, 1.807) is 18.2 Å². The van der Waals surface area contributed by atoms with E-state index in [2.05, 4.69) is 15.9 Å². The van der Waals surface area contributed by atoms with Gasteiger partial charge in [0.1, 0.15) is 15.6 Å². The largest absolute Gasteiger partial charge is 0.494 e. The van der Waals surface area contributed by atoms with Gasteiger partial charge in [-0.05, 0) is 30.2 Å². The monoisotopic (exact) mass is 322 g/mol. The van der Waals surface area contributed by atoms with E-state index in [4.69, 9.17) is 9.84 Å². The summed E-state index contributed by atoms with van der Waals surface area (Å²) in [6, 6.07) is 5.28. The first-order valence-electron chi connectivity index (χ1n) is 5.12. The summed E-state index contributed by atoms with van der Waals surface area (Å²) in [4.78, 5) is 0. The summed E-state index contributed by atoms with van der Waals surface area (Å²) < 4.78 is 28.0. The molecule has 0 aliphatic rings. The molecule has 0 spiro atoms. The molecule has 96 valence electrons. The number of aliphatic hydroxyl groups is 1. The molecule has 0 saturated heterocycles. The van der Waals surface area contributed by atoms with Gasteiger partial charge in [-0.25, -0.2) is 8.42 Å². The van der Waals surface area contributed by atoms with Crippen LogP contribution in [0.1, 0.15) is 12.0 Å².